The standard InChI is InChI=1S/C14H18N4O/c1-11-6-9-17-13(5-7-15)14(19)18(11)10-12-4-2-3-8-16-12/h2-4,8,11,13,17H,5-6,9-10H2,1H3. The van der Waals surface area contributed by atoms with Crippen LogP contribution in [0.3, 0.4) is 0 Å². The van der Waals surface area contributed by atoms with E-state index < -0.39 is 6.04 Å². The van der Waals surface area contributed by atoms with E-state index in [1.807, 2.05) is 30.0 Å². The molecule has 1 saturated heterocycles. The summed E-state index contributed by atoms with van der Waals surface area (Å²) in [7, 11) is 0. The molecule has 5 nitrogen and oxygen atoms in total. The molecule has 2 atom stereocenters. The highest BCUT2D eigenvalue weighted by Gasteiger charge is 2.30. The van der Waals surface area contributed by atoms with Crippen LogP contribution in [0.5, 0.6) is 0 Å². The summed E-state index contributed by atoms with van der Waals surface area (Å²) in [4.78, 5) is 18.5. The van der Waals surface area contributed by atoms with Crippen molar-refractivity contribution in [1.29, 1.82) is 5.26 Å². The van der Waals surface area contributed by atoms with Crippen molar-refractivity contribution in [3.05, 3.63) is 30.1 Å². The maximum absolute atomic E-state index is 12.4. The van der Waals surface area contributed by atoms with Crippen LogP contribution in [-0.4, -0.2) is 34.4 Å². The van der Waals surface area contributed by atoms with Crippen molar-refractivity contribution < 1.29 is 4.79 Å². The first kappa shape index (κ1) is 13.5. The molecule has 0 radical (unpaired) electrons. The smallest absolute Gasteiger partial charge is 0.241 e. The lowest BCUT2D eigenvalue weighted by atomic mass is 10.1. The fourth-order valence-corrected chi connectivity index (χ4v) is 2.28. The lowest BCUT2D eigenvalue weighted by Gasteiger charge is -2.28. The van der Waals surface area contributed by atoms with Crippen molar-refractivity contribution in [1.82, 2.24) is 15.2 Å². The van der Waals surface area contributed by atoms with Crippen molar-refractivity contribution in [3.63, 3.8) is 0 Å². The SMILES string of the molecule is CC1CCNC(CC#N)C(=O)N1Cc1ccccn1. The average molecular weight is 258 g/mol. The van der Waals surface area contributed by atoms with E-state index in [2.05, 4.69) is 16.4 Å². The molecule has 2 rings (SSSR count). The summed E-state index contributed by atoms with van der Waals surface area (Å²) in [5, 5.41) is 11.9. The van der Waals surface area contributed by atoms with Gasteiger partial charge in [-0.15, -0.1) is 0 Å². The van der Waals surface area contributed by atoms with Crippen LogP contribution in [-0.2, 0) is 11.3 Å². The topological polar surface area (TPSA) is 69.0 Å². The molecule has 0 saturated carbocycles. The van der Waals surface area contributed by atoms with Crippen molar-refractivity contribution in [3.8, 4) is 6.07 Å². The van der Waals surface area contributed by atoms with Crippen LogP contribution in [0, 0.1) is 11.3 Å². The van der Waals surface area contributed by atoms with E-state index >= 15 is 0 Å². The fraction of sp³-hybridized carbons (Fsp3) is 0.500. The Morgan fingerprint density at radius 2 is 2.42 bits per heavy atom. The van der Waals surface area contributed by atoms with Crippen molar-refractivity contribution in [2.45, 2.75) is 38.4 Å². The molecule has 2 heterocycles. The molecule has 1 aliphatic rings. The van der Waals surface area contributed by atoms with Gasteiger partial charge in [-0.05, 0) is 32.0 Å². The summed E-state index contributed by atoms with van der Waals surface area (Å²) in [6, 6.07) is 7.53. The quantitative estimate of drug-likeness (QED) is 0.880. The van der Waals surface area contributed by atoms with Gasteiger partial charge in [0.15, 0.2) is 0 Å². The zero-order chi connectivity index (χ0) is 13.7. The Morgan fingerprint density at radius 1 is 1.58 bits per heavy atom. The Morgan fingerprint density at radius 3 is 3.11 bits per heavy atom. The third-order valence-electron chi connectivity index (χ3n) is 3.42. The van der Waals surface area contributed by atoms with E-state index in [4.69, 9.17) is 5.26 Å². The molecule has 2 unspecified atom stereocenters. The van der Waals surface area contributed by atoms with Gasteiger partial charge in [0.2, 0.25) is 5.91 Å². The normalized spacial score (nSPS) is 23.8. The summed E-state index contributed by atoms with van der Waals surface area (Å²) < 4.78 is 0. The summed E-state index contributed by atoms with van der Waals surface area (Å²) in [6.07, 6.45) is 2.83. The number of nitrogens with one attached hydrogen (secondary N) is 1. The van der Waals surface area contributed by atoms with Gasteiger partial charge in [-0.2, -0.15) is 5.26 Å². The van der Waals surface area contributed by atoms with Gasteiger partial charge in [-0.1, -0.05) is 6.07 Å². The molecule has 5 heteroatoms. The molecule has 100 valence electrons. The van der Waals surface area contributed by atoms with E-state index in [1.54, 1.807) is 6.20 Å². The van der Waals surface area contributed by atoms with Gasteiger partial charge >= 0.3 is 0 Å². The molecule has 1 aromatic heterocycles. The minimum absolute atomic E-state index is 0.00259. The first-order valence-corrected chi connectivity index (χ1v) is 6.53. The van der Waals surface area contributed by atoms with Gasteiger partial charge in [-0.3, -0.25) is 9.78 Å². The summed E-state index contributed by atoms with van der Waals surface area (Å²) in [5.41, 5.74) is 0.875. The molecule has 0 aliphatic carbocycles. The molecule has 0 spiro atoms. The van der Waals surface area contributed by atoms with E-state index in [0.29, 0.717) is 6.54 Å². The van der Waals surface area contributed by atoms with Crippen LogP contribution in [0.4, 0.5) is 0 Å². The minimum Gasteiger partial charge on any atom is -0.333 e. The maximum Gasteiger partial charge on any atom is 0.241 e. The largest absolute Gasteiger partial charge is 0.333 e. The zero-order valence-electron chi connectivity index (χ0n) is 11.0. The molecule has 1 N–H and O–H groups in total. The number of carbonyl (C=O) groups is 1. The number of pyridine rings is 1. The Balaban J connectivity index is 2.15. The molecule has 1 aliphatic heterocycles. The monoisotopic (exact) mass is 258 g/mol. The van der Waals surface area contributed by atoms with Crippen molar-refractivity contribution >= 4 is 5.91 Å². The number of nitrogens with zero attached hydrogens (tertiary/aromatic N) is 3. The number of amides is 1. The Hall–Kier alpha value is -1.93. The van der Waals surface area contributed by atoms with Crippen LogP contribution < -0.4 is 5.32 Å². The van der Waals surface area contributed by atoms with Crippen LogP contribution in [0.2, 0.25) is 0 Å². The molecular weight excluding hydrogens is 240 g/mol. The van der Waals surface area contributed by atoms with Gasteiger partial charge < -0.3 is 10.2 Å². The third-order valence-corrected chi connectivity index (χ3v) is 3.42. The molecular formula is C14H18N4O. The number of nitriles is 1. The van der Waals surface area contributed by atoms with Crippen LogP contribution in [0.15, 0.2) is 24.4 Å². The van der Waals surface area contributed by atoms with Gasteiger partial charge in [0.1, 0.15) is 0 Å². The summed E-state index contributed by atoms with van der Waals surface area (Å²) >= 11 is 0. The second-order valence-corrected chi connectivity index (χ2v) is 4.79. The van der Waals surface area contributed by atoms with Gasteiger partial charge in [-0.25, -0.2) is 0 Å². The molecule has 1 aromatic rings. The van der Waals surface area contributed by atoms with Gasteiger partial charge in [0.05, 0.1) is 30.8 Å². The lowest BCUT2D eigenvalue weighted by molar-refractivity contribution is -0.135. The first-order chi connectivity index (χ1) is 9.22. The Labute approximate surface area is 113 Å². The number of hydrogen-bond acceptors (Lipinski definition) is 4. The number of carbonyl (C=O) groups excluding carboxylic acids is 1. The maximum atomic E-state index is 12.4. The molecule has 1 fully saturated rings. The fourth-order valence-electron chi connectivity index (χ4n) is 2.28. The number of rotatable bonds is 3. The highest BCUT2D eigenvalue weighted by molar-refractivity contribution is 5.82. The lowest BCUT2D eigenvalue weighted by Crippen LogP contribution is -2.45. The molecule has 1 amide bonds. The average Bonchev–Trinajstić information content (AvgIpc) is 2.55. The van der Waals surface area contributed by atoms with Crippen molar-refractivity contribution in [2.75, 3.05) is 6.54 Å². The van der Waals surface area contributed by atoms with E-state index in [1.165, 1.54) is 0 Å². The molecule has 0 aromatic carbocycles. The predicted octanol–water partition coefficient (Wildman–Crippen LogP) is 1.07. The first-order valence-electron chi connectivity index (χ1n) is 6.53. The molecule has 0 bridgehead atoms. The summed E-state index contributed by atoms with van der Waals surface area (Å²) in [5.74, 6) is -0.00259. The second-order valence-electron chi connectivity index (χ2n) is 4.79. The molecule has 19 heavy (non-hydrogen) atoms. The predicted molar refractivity (Wildman–Crippen MR) is 70.9 cm³/mol. The van der Waals surface area contributed by atoms with Crippen molar-refractivity contribution in [2.24, 2.45) is 0 Å². The van der Waals surface area contributed by atoms with E-state index in [9.17, 15) is 4.79 Å². The second kappa shape index (κ2) is 6.30. The Bertz CT molecular complexity index is 468. The van der Waals surface area contributed by atoms with Crippen LogP contribution >= 0.6 is 0 Å². The summed E-state index contributed by atoms with van der Waals surface area (Å²) in [6.45, 7) is 3.31. The van der Waals surface area contributed by atoms with Gasteiger partial charge in [0.25, 0.3) is 0 Å². The highest BCUT2D eigenvalue weighted by Crippen LogP contribution is 2.15. The van der Waals surface area contributed by atoms with Crippen LogP contribution in [0.25, 0.3) is 0 Å². The third kappa shape index (κ3) is 3.30. The zero-order valence-corrected chi connectivity index (χ0v) is 11.0. The number of aromatic nitrogens is 1. The van der Waals surface area contributed by atoms with E-state index in [-0.39, 0.29) is 18.4 Å². The number of hydrogen-bond donors (Lipinski definition) is 1. The van der Waals surface area contributed by atoms with E-state index in [0.717, 1.165) is 18.7 Å². The van der Waals surface area contributed by atoms with Gasteiger partial charge in [0, 0.05) is 12.2 Å². The van der Waals surface area contributed by atoms with Crippen LogP contribution in [0.1, 0.15) is 25.5 Å². The minimum atomic E-state index is -0.390. The Kier molecular flexibility index (Phi) is 4.48. The highest BCUT2D eigenvalue weighted by atomic mass is 16.2.